The summed E-state index contributed by atoms with van der Waals surface area (Å²) in [6.45, 7) is 9.31. The van der Waals surface area contributed by atoms with E-state index in [9.17, 15) is 9.90 Å². The summed E-state index contributed by atoms with van der Waals surface area (Å²) < 4.78 is 5.62. The molecule has 0 radical (unpaired) electrons. The van der Waals surface area contributed by atoms with E-state index in [1.165, 1.54) is 0 Å². The SMILES string of the molecule is CC(C)(C)C(=O)NCC1CCCN(CC(O)COc2ccccc2)C1. The Morgan fingerprint density at radius 2 is 2.08 bits per heavy atom. The van der Waals surface area contributed by atoms with Crippen molar-refractivity contribution in [1.29, 1.82) is 0 Å². The van der Waals surface area contributed by atoms with E-state index in [0.717, 1.165) is 31.7 Å². The van der Waals surface area contributed by atoms with Gasteiger partial charge in [-0.3, -0.25) is 4.79 Å². The van der Waals surface area contributed by atoms with Gasteiger partial charge in [0.05, 0.1) is 0 Å². The van der Waals surface area contributed by atoms with E-state index in [1.54, 1.807) is 0 Å². The van der Waals surface area contributed by atoms with Gasteiger partial charge in [0.15, 0.2) is 0 Å². The van der Waals surface area contributed by atoms with Crippen LogP contribution in [0.25, 0.3) is 0 Å². The molecule has 1 saturated heterocycles. The summed E-state index contributed by atoms with van der Waals surface area (Å²) in [4.78, 5) is 14.3. The molecule has 0 saturated carbocycles. The number of carbonyl (C=O) groups is 1. The number of ether oxygens (including phenoxy) is 1. The molecule has 1 amide bonds. The first-order valence-corrected chi connectivity index (χ1v) is 9.21. The summed E-state index contributed by atoms with van der Waals surface area (Å²) in [6.07, 6.45) is 1.71. The summed E-state index contributed by atoms with van der Waals surface area (Å²) in [5, 5.41) is 13.3. The van der Waals surface area contributed by atoms with Crippen molar-refractivity contribution in [2.75, 3.05) is 32.8 Å². The fourth-order valence-corrected chi connectivity index (χ4v) is 3.05. The minimum absolute atomic E-state index is 0.0981. The third-order valence-corrected chi connectivity index (χ3v) is 4.49. The smallest absolute Gasteiger partial charge is 0.225 e. The molecule has 0 spiro atoms. The van der Waals surface area contributed by atoms with Crippen LogP contribution in [0.15, 0.2) is 30.3 Å². The number of nitrogens with one attached hydrogen (secondary N) is 1. The number of carbonyl (C=O) groups excluding carboxylic acids is 1. The number of rotatable bonds is 7. The van der Waals surface area contributed by atoms with Gasteiger partial charge in [-0.15, -0.1) is 0 Å². The fraction of sp³-hybridized carbons (Fsp3) is 0.650. The highest BCUT2D eigenvalue weighted by Crippen LogP contribution is 2.18. The van der Waals surface area contributed by atoms with Gasteiger partial charge in [0, 0.05) is 25.0 Å². The number of para-hydroxylation sites is 1. The molecule has 2 N–H and O–H groups in total. The van der Waals surface area contributed by atoms with Gasteiger partial charge < -0.3 is 20.1 Å². The van der Waals surface area contributed by atoms with Crippen LogP contribution in [0.2, 0.25) is 0 Å². The molecule has 1 heterocycles. The number of aliphatic hydroxyl groups is 1. The first-order chi connectivity index (χ1) is 11.8. The summed E-state index contributed by atoms with van der Waals surface area (Å²) in [7, 11) is 0. The van der Waals surface area contributed by atoms with E-state index in [4.69, 9.17) is 4.74 Å². The number of amides is 1. The number of hydrogen-bond donors (Lipinski definition) is 2. The largest absolute Gasteiger partial charge is 0.491 e. The molecule has 0 aliphatic carbocycles. The Bertz CT molecular complexity index is 527. The minimum atomic E-state index is -0.511. The van der Waals surface area contributed by atoms with Crippen molar-refractivity contribution in [2.24, 2.45) is 11.3 Å². The molecule has 140 valence electrons. The van der Waals surface area contributed by atoms with Crippen LogP contribution in [-0.2, 0) is 4.79 Å². The molecule has 5 heteroatoms. The molecule has 5 nitrogen and oxygen atoms in total. The first kappa shape index (κ1) is 19.7. The predicted molar refractivity (Wildman–Crippen MR) is 99.6 cm³/mol. The van der Waals surface area contributed by atoms with E-state index in [0.29, 0.717) is 25.6 Å². The van der Waals surface area contributed by atoms with Crippen LogP contribution in [0.4, 0.5) is 0 Å². The highest BCUT2D eigenvalue weighted by atomic mass is 16.5. The molecule has 0 bridgehead atoms. The number of aliphatic hydroxyl groups excluding tert-OH is 1. The molecule has 1 aliphatic rings. The molecule has 2 unspecified atom stereocenters. The van der Waals surface area contributed by atoms with Crippen LogP contribution >= 0.6 is 0 Å². The van der Waals surface area contributed by atoms with Gasteiger partial charge in [-0.1, -0.05) is 39.0 Å². The third-order valence-electron chi connectivity index (χ3n) is 4.49. The number of piperidine rings is 1. The molecule has 1 aromatic carbocycles. The maximum atomic E-state index is 12.0. The van der Waals surface area contributed by atoms with Crippen molar-refractivity contribution >= 4 is 5.91 Å². The number of hydrogen-bond acceptors (Lipinski definition) is 4. The fourth-order valence-electron chi connectivity index (χ4n) is 3.05. The number of likely N-dealkylation sites (tertiary alicyclic amines) is 1. The first-order valence-electron chi connectivity index (χ1n) is 9.21. The maximum absolute atomic E-state index is 12.0. The van der Waals surface area contributed by atoms with E-state index in [2.05, 4.69) is 10.2 Å². The van der Waals surface area contributed by atoms with Crippen LogP contribution in [-0.4, -0.2) is 54.8 Å². The lowest BCUT2D eigenvalue weighted by molar-refractivity contribution is -0.128. The quantitative estimate of drug-likeness (QED) is 0.794. The van der Waals surface area contributed by atoms with Gasteiger partial charge in [0.2, 0.25) is 5.91 Å². The molecule has 1 aromatic rings. The second kappa shape index (κ2) is 9.20. The van der Waals surface area contributed by atoms with Gasteiger partial charge in [-0.2, -0.15) is 0 Å². The van der Waals surface area contributed by atoms with Crippen LogP contribution in [0.1, 0.15) is 33.6 Å². The Kier molecular flexibility index (Phi) is 7.26. The lowest BCUT2D eigenvalue weighted by atomic mass is 9.94. The van der Waals surface area contributed by atoms with Crippen LogP contribution < -0.4 is 10.1 Å². The Hall–Kier alpha value is -1.59. The standard InChI is InChI=1S/C20H32N2O3/c1-20(2,3)19(24)21-12-16-8-7-11-22(13-16)14-17(23)15-25-18-9-5-4-6-10-18/h4-6,9-10,16-17,23H,7-8,11-15H2,1-3H3,(H,21,24). The molecule has 0 aromatic heterocycles. The van der Waals surface area contributed by atoms with E-state index in [1.807, 2.05) is 51.1 Å². The molecule has 2 atom stereocenters. The third kappa shape index (κ3) is 7.04. The van der Waals surface area contributed by atoms with E-state index < -0.39 is 6.10 Å². The van der Waals surface area contributed by atoms with Crippen molar-refractivity contribution in [3.05, 3.63) is 30.3 Å². The topological polar surface area (TPSA) is 61.8 Å². The summed E-state index contributed by atoms with van der Waals surface area (Å²) in [5.41, 5.74) is -0.348. The predicted octanol–water partition coefficient (Wildman–Crippen LogP) is 2.30. The Morgan fingerprint density at radius 3 is 2.76 bits per heavy atom. The summed E-state index contributed by atoms with van der Waals surface area (Å²) in [6, 6.07) is 9.56. The lowest BCUT2D eigenvalue weighted by Crippen LogP contribution is -2.46. The molecule has 2 rings (SSSR count). The van der Waals surface area contributed by atoms with Crippen LogP contribution in [0, 0.1) is 11.3 Å². The average molecular weight is 348 g/mol. The Morgan fingerprint density at radius 1 is 1.36 bits per heavy atom. The van der Waals surface area contributed by atoms with Crippen molar-refractivity contribution in [3.63, 3.8) is 0 Å². The van der Waals surface area contributed by atoms with Crippen molar-refractivity contribution < 1.29 is 14.6 Å². The molecule has 1 aliphatic heterocycles. The second-order valence-corrected chi connectivity index (χ2v) is 8.01. The highest BCUT2D eigenvalue weighted by Gasteiger charge is 2.25. The van der Waals surface area contributed by atoms with Gasteiger partial charge in [-0.05, 0) is 37.4 Å². The van der Waals surface area contributed by atoms with Gasteiger partial charge in [0.25, 0.3) is 0 Å². The van der Waals surface area contributed by atoms with Crippen molar-refractivity contribution in [2.45, 2.75) is 39.7 Å². The summed E-state index contributed by atoms with van der Waals surface area (Å²) in [5.74, 6) is 1.33. The zero-order valence-electron chi connectivity index (χ0n) is 15.7. The molecule has 1 fully saturated rings. The number of β-amino-alcohol motifs (C(OH)–C–C–N with tert-alkyl or cyclic N) is 1. The monoisotopic (exact) mass is 348 g/mol. The average Bonchev–Trinajstić information content (AvgIpc) is 2.58. The van der Waals surface area contributed by atoms with E-state index in [-0.39, 0.29) is 11.3 Å². The second-order valence-electron chi connectivity index (χ2n) is 8.01. The van der Waals surface area contributed by atoms with Gasteiger partial charge >= 0.3 is 0 Å². The van der Waals surface area contributed by atoms with Gasteiger partial charge in [0.1, 0.15) is 18.5 Å². The molecule has 25 heavy (non-hydrogen) atoms. The van der Waals surface area contributed by atoms with Gasteiger partial charge in [-0.25, -0.2) is 0 Å². The van der Waals surface area contributed by atoms with Crippen LogP contribution in [0.5, 0.6) is 5.75 Å². The summed E-state index contributed by atoms with van der Waals surface area (Å²) >= 11 is 0. The van der Waals surface area contributed by atoms with Crippen LogP contribution in [0.3, 0.4) is 0 Å². The zero-order valence-corrected chi connectivity index (χ0v) is 15.7. The zero-order chi connectivity index (χ0) is 18.3. The minimum Gasteiger partial charge on any atom is -0.491 e. The Labute approximate surface area is 151 Å². The highest BCUT2D eigenvalue weighted by molar-refractivity contribution is 5.81. The molecular formula is C20H32N2O3. The number of nitrogens with zero attached hydrogens (tertiary/aromatic N) is 1. The molecular weight excluding hydrogens is 316 g/mol. The van der Waals surface area contributed by atoms with Crippen molar-refractivity contribution in [1.82, 2.24) is 10.2 Å². The lowest BCUT2D eigenvalue weighted by Gasteiger charge is -2.34. The normalized spacial score (nSPS) is 20.1. The van der Waals surface area contributed by atoms with Crippen molar-refractivity contribution in [3.8, 4) is 5.75 Å². The maximum Gasteiger partial charge on any atom is 0.225 e. The number of benzene rings is 1. The Balaban J connectivity index is 1.70. The van der Waals surface area contributed by atoms with E-state index >= 15 is 0 Å².